The Morgan fingerprint density at radius 1 is 1.46 bits per heavy atom. The lowest BCUT2D eigenvalue weighted by atomic mass is 10.1. The third-order valence-corrected chi connectivity index (χ3v) is 2.66. The third kappa shape index (κ3) is 3.36. The van der Waals surface area contributed by atoms with Crippen molar-refractivity contribution in [2.24, 2.45) is 5.73 Å². The van der Waals surface area contributed by atoms with Gasteiger partial charge in [0, 0.05) is 5.02 Å². The summed E-state index contributed by atoms with van der Waals surface area (Å²) in [6, 6.07) is 7.33. The molecule has 2 nitrogen and oxygen atoms in total. The Kier molecular flexibility index (Phi) is 3.75. The summed E-state index contributed by atoms with van der Waals surface area (Å²) in [6.07, 6.45) is 0.590. The average Bonchev–Trinajstić information content (AvgIpc) is 2.08. The van der Waals surface area contributed by atoms with Gasteiger partial charge in [-0.1, -0.05) is 39.7 Å². The Bertz CT molecular complexity index is 299. The summed E-state index contributed by atoms with van der Waals surface area (Å²) in [4.78, 5) is 10.4. The maximum atomic E-state index is 10.7. The summed E-state index contributed by atoms with van der Waals surface area (Å²) >= 11 is 8.90. The van der Waals surface area contributed by atoms with Crippen LogP contribution in [0, 0.1) is 0 Å². The second-order valence-electron chi connectivity index (χ2n) is 2.70. The van der Waals surface area contributed by atoms with E-state index in [1.807, 2.05) is 12.1 Å². The highest BCUT2D eigenvalue weighted by Crippen LogP contribution is 2.13. The number of carbonyl (C=O) groups excluding carboxylic acids is 1. The maximum absolute atomic E-state index is 10.7. The minimum atomic E-state index is -0.352. The molecule has 0 heterocycles. The van der Waals surface area contributed by atoms with Gasteiger partial charge in [-0.2, -0.15) is 0 Å². The van der Waals surface area contributed by atoms with Crippen molar-refractivity contribution >= 4 is 33.4 Å². The lowest BCUT2D eigenvalue weighted by molar-refractivity contribution is -0.117. The van der Waals surface area contributed by atoms with Gasteiger partial charge in [-0.05, 0) is 24.1 Å². The number of halogens is 2. The summed E-state index contributed by atoms with van der Waals surface area (Å²) in [5.74, 6) is -0.352. The van der Waals surface area contributed by atoms with Crippen LogP contribution >= 0.6 is 27.5 Å². The van der Waals surface area contributed by atoms with Crippen LogP contribution in [0.25, 0.3) is 0 Å². The van der Waals surface area contributed by atoms with Gasteiger partial charge >= 0.3 is 0 Å². The zero-order valence-corrected chi connectivity index (χ0v) is 9.18. The molecule has 0 aliphatic rings. The van der Waals surface area contributed by atoms with E-state index in [0.717, 1.165) is 5.56 Å². The van der Waals surface area contributed by atoms with Gasteiger partial charge in [-0.25, -0.2) is 0 Å². The van der Waals surface area contributed by atoms with Crippen LogP contribution in [0.5, 0.6) is 0 Å². The summed E-state index contributed by atoms with van der Waals surface area (Å²) in [5, 5.41) is 0.689. The van der Waals surface area contributed by atoms with Gasteiger partial charge in [-0.3, -0.25) is 4.79 Å². The number of amides is 1. The molecule has 0 aliphatic heterocycles. The molecule has 70 valence electrons. The van der Waals surface area contributed by atoms with Crippen molar-refractivity contribution in [2.75, 3.05) is 0 Å². The minimum absolute atomic E-state index is 0.311. The van der Waals surface area contributed by atoms with Gasteiger partial charge in [0.2, 0.25) is 5.91 Å². The predicted molar refractivity (Wildman–Crippen MR) is 57.1 cm³/mol. The Morgan fingerprint density at radius 2 is 2.00 bits per heavy atom. The molecular formula is C9H9BrClNO. The molecule has 0 saturated heterocycles. The highest BCUT2D eigenvalue weighted by atomic mass is 79.9. The summed E-state index contributed by atoms with van der Waals surface area (Å²) in [7, 11) is 0. The molecule has 13 heavy (non-hydrogen) atoms. The first-order valence-electron chi connectivity index (χ1n) is 3.77. The van der Waals surface area contributed by atoms with Crippen molar-refractivity contribution in [3.63, 3.8) is 0 Å². The zero-order chi connectivity index (χ0) is 9.84. The Morgan fingerprint density at radius 3 is 2.46 bits per heavy atom. The van der Waals surface area contributed by atoms with Crippen molar-refractivity contribution in [1.82, 2.24) is 0 Å². The predicted octanol–water partition coefficient (Wildman–Crippen LogP) is 2.13. The van der Waals surface area contributed by atoms with Crippen molar-refractivity contribution < 1.29 is 4.79 Å². The maximum Gasteiger partial charge on any atom is 0.231 e. The van der Waals surface area contributed by atoms with E-state index in [9.17, 15) is 4.79 Å². The van der Waals surface area contributed by atoms with Crippen molar-refractivity contribution in [3.8, 4) is 0 Å². The molecule has 1 aromatic carbocycles. The molecule has 0 saturated carbocycles. The lowest BCUT2D eigenvalue weighted by Crippen LogP contribution is -2.24. The van der Waals surface area contributed by atoms with Gasteiger partial charge in [-0.15, -0.1) is 0 Å². The zero-order valence-electron chi connectivity index (χ0n) is 6.84. The van der Waals surface area contributed by atoms with Crippen molar-refractivity contribution in [2.45, 2.75) is 11.2 Å². The minimum Gasteiger partial charge on any atom is -0.369 e. The van der Waals surface area contributed by atoms with Crippen LogP contribution in [0.4, 0.5) is 0 Å². The van der Waals surface area contributed by atoms with Crippen LogP contribution < -0.4 is 5.73 Å². The highest BCUT2D eigenvalue weighted by Gasteiger charge is 2.10. The summed E-state index contributed by atoms with van der Waals surface area (Å²) < 4.78 is 0. The molecule has 1 amide bonds. The first-order chi connectivity index (χ1) is 6.09. The topological polar surface area (TPSA) is 43.1 Å². The molecule has 4 heteroatoms. The Labute approximate surface area is 90.2 Å². The van der Waals surface area contributed by atoms with Gasteiger partial charge in [0.05, 0.1) is 4.83 Å². The fourth-order valence-electron chi connectivity index (χ4n) is 0.928. The van der Waals surface area contributed by atoms with Gasteiger partial charge in [0.1, 0.15) is 0 Å². The monoisotopic (exact) mass is 261 g/mol. The van der Waals surface area contributed by atoms with Crippen LogP contribution in [0.1, 0.15) is 5.56 Å². The number of hydrogen-bond acceptors (Lipinski definition) is 1. The third-order valence-electron chi connectivity index (χ3n) is 1.64. The van der Waals surface area contributed by atoms with Crippen LogP contribution in [0.3, 0.4) is 0 Å². The second-order valence-corrected chi connectivity index (χ2v) is 4.24. The van der Waals surface area contributed by atoms with E-state index in [1.165, 1.54) is 0 Å². The standard InChI is InChI=1S/C9H9BrClNO/c10-8(9(12)13)5-6-1-3-7(11)4-2-6/h1-4,8H,5H2,(H2,12,13). The molecule has 1 rings (SSSR count). The van der Waals surface area contributed by atoms with Crippen molar-refractivity contribution in [3.05, 3.63) is 34.9 Å². The van der Waals surface area contributed by atoms with Crippen LogP contribution in [-0.2, 0) is 11.2 Å². The number of rotatable bonds is 3. The number of primary amides is 1. The number of nitrogens with two attached hydrogens (primary N) is 1. The van der Waals surface area contributed by atoms with E-state index in [0.29, 0.717) is 11.4 Å². The fourth-order valence-corrected chi connectivity index (χ4v) is 1.43. The SMILES string of the molecule is NC(=O)C(Br)Cc1ccc(Cl)cc1. The number of alkyl halides is 1. The number of benzene rings is 1. The molecule has 1 atom stereocenters. The second kappa shape index (κ2) is 4.63. The molecule has 0 bridgehead atoms. The largest absolute Gasteiger partial charge is 0.369 e. The van der Waals surface area contributed by atoms with E-state index in [-0.39, 0.29) is 10.7 Å². The Balaban J connectivity index is 2.64. The first kappa shape index (κ1) is 10.5. The molecule has 1 unspecified atom stereocenters. The van der Waals surface area contributed by atoms with Gasteiger partial charge in [0.25, 0.3) is 0 Å². The molecule has 0 spiro atoms. The van der Waals surface area contributed by atoms with E-state index in [2.05, 4.69) is 15.9 Å². The molecule has 1 aromatic rings. The van der Waals surface area contributed by atoms with Crippen LogP contribution in [0.2, 0.25) is 5.02 Å². The van der Waals surface area contributed by atoms with Gasteiger partial charge < -0.3 is 5.73 Å². The first-order valence-corrected chi connectivity index (χ1v) is 5.07. The highest BCUT2D eigenvalue weighted by molar-refractivity contribution is 9.10. The van der Waals surface area contributed by atoms with Crippen molar-refractivity contribution in [1.29, 1.82) is 0 Å². The van der Waals surface area contributed by atoms with Gasteiger partial charge in [0.15, 0.2) is 0 Å². The average molecular weight is 263 g/mol. The Hall–Kier alpha value is -0.540. The quantitative estimate of drug-likeness (QED) is 0.833. The lowest BCUT2D eigenvalue weighted by Gasteiger charge is -2.04. The molecule has 0 fully saturated rings. The normalized spacial score (nSPS) is 12.5. The fraction of sp³-hybridized carbons (Fsp3) is 0.222. The van der Waals surface area contributed by atoms with E-state index >= 15 is 0 Å². The van der Waals surface area contributed by atoms with Crippen LogP contribution in [-0.4, -0.2) is 10.7 Å². The molecule has 0 aliphatic carbocycles. The molecular weight excluding hydrogens is 253 g/mol. The van der Waals surface area contributed by atoms with E-state index in [4.69, 9.17) is 17.3 Å². The smallest absolute Gasteiger partial charge is 0.231 e. The number of carbonyl (C=O) groups is 1. The molecule has 2 N–H and O–H groups in total. The molecule has 0 radical (unpaired) electrons. The van der Waals surface area contributed by atoms with Crippen LogP contribution in [0.15, 0.2) is 24.3 Å². The molecule has 0 aromatic heterocycles. The van der Waals surface area contributed by atoms with E-state index in [1.54, 1.807) is 12.1 Å². The summed E-state index contributed by atoms with van der Waals surface area (Å²) in [6.45, 7) is 0. The number of hydrogen-bond donors (Lipinski definition) is 1. The van der Waals surface area contributed by atoms with E-state index < -0.39 is 0 Å². The summed E-state index contributed by atoms with van der Waals surface area (Å²) in [5.41, 5.74) is 6.13.